The molecular weight excluding hydrogens is 609 g/mol. The van der Waals surface area contributed by atoms with E-state index >= 15 is 0 Å². The molecule has 3 aromatic carbocycles. The Morgan fingerprint density at radius 1 is 0.953 bits per heavy atom. The Hall–Kier alpha value is -3.27. The zero-order valence-corrected chi connectivity index (χ0v) is 27.5. The minimum absolute atomic E-state index is 0.0195. The number of amides is 2. The summed E-state index contributed by atoms with van der Waals surface area (Å²) in [6.07, 6.45) is 0.995. The van der Waals surface area contributed by atoms with Gasteiger partial charge in [0.1, 0.15) is 18.3 Å². The molecule has 0 spiro atoms. The van der Waals surface area contributed by atoms with E-state index < -0.39 is 28.5 Å². The number of rotatable bonds is 14. The van der Waals surface area contributed by atoms with Crippen molar-refractivity contribution in [3.8, 4) is 5.75 Å². The summed E-state index contributed by atoms with van der Waals surface area (Å²) in [4.78, 5) is 29.2. The third-order valence-corrected chi connectivity index (χ3v) is 9.43. The summed E-state index contributed by atoms with van der Waals surface area (Å²) >= 11 is 12.6. The molecule has 0 saturated heterocycles. The molecule has 0 saturated carbocycles. The molecule has 0 fully saturated rings. The molecular formula is C32H39Cl2N3O5S. The normalized spacial score (nSPS) is 12.7. The van der Waals surface area contributed by atoms with Gasteiger partial charge >= 0.3 is 0 Å². The van der Waals surface area contributed by atoms with Gasteiger partial charge in [-0.3, -0.25) is 13.9 Å². The van der Waals surface area contributed by atoms with E-state index in [0.717, 1.165) is 9.87 Å². The van der Waals surface area contributed by atoms with Gasteiger partial charge in [0.05, 0.1) is 17.2 Å². The SMILES string of the molecule is CCOc1ccccc1N(CC(=O)N(Cc1ccc(Cl)cc1Cl)C(CC)C(=O)NC(C)CC)S(=O)(=O)c1ccc(C)cc1. The highest BCUT2D eigenvalue weighted by Crippen LogP contribution is 2.33. The molecule has 11 heteroatoms. The summed E-state index contributed by atoms with van der Waals surface area (Å²) in [5.74, 6) is -0.612. The first kappa shape index (κ1) is 34.2. The average molecular weight is 649 g/mol. The number of hydrogen-bond acceptors (Lipinski definition) is 5. The van der Waals surface area contributed by atoms with Gasteiger partial charge in [-0.15, -0.1) is 0 Å². The summed E-state index contributed by atoms with van der Waals surface area (Å²) in [6, 6.07) is 17.0. The Bertz CT molecular complexity index is 1520. The lowest BCUT2D eigenvalue weighted by molar-refractivity contribution is -0.140. The maximum absolute atomic E-state index is 14.3. The molecule has 2 atom stereocenters. The summed E-state index contributed by atoms with van der Waals surface area (Å²) in [5.41, 5.74) is 1.66. The molecule has 0 heterocycles. The first-order valence-corrected chi connectivity index (χ1v) is 16.5. The lowest BCUT2D eigenvalue weighted by atomic mass is 10.1. The highest BCUT2D eigenvalue weighted by Gasteiger charge is 2.35. The first-order valence-electron chi connectivity index (χ1n) is 14.3. The molecule has 232 valence electrons. The maximum Gasteiger partial charge on any atom is 0.264 e. The van der Waals surface area contributed by atoms with Crippen LogP contribution in [0.15, 0.2) is 71.6 Å². The van der Waals surface area contributed by atoms with Crippen LogP contribution in [0.4, 0.5) is 5.69 Å². The monoisotopic (exact) mass is 647 g/mol. The second kappa shape index (κ2) is 15.5. The Morgan fingerprint density at radius 3 is 2.23 bits per heavy atom. The molecule has 1 N–H and O–H groups in total. The van der Waals surface area contributed by atoms with E-state index in [4.69, 9.17) is 27.9 Å². The second-order valence-corrected chi connectivity index (χ2v) is 12.9. The van der Waals surface area contributed by atoms with Crippen molar-refractivity contribution in [2.24, 2.45) is 0 Å². The molecule has 0 aliphatic heterocycles. The predicted octanol–water partition coefficient (Wildman–Crippen LogP) is 6.62. The molecule has 0 aromatic heterocycles. The number of anilines is 1. The van der Waals surface area contributed by atoms with Crippen molar-refractivity contribution in [2.45, 2.75) is 71.0 Å². The highest BCUT2D eigenvalue weighted by molar-refractivity contribution is 7.92. The Kier molecular flexibility index (Phi) is 12.3. The quantitative estimate of drug-likeness (QED) is 0.212. The van der Waals surface area contributed by atoms with Crippen LogP contribution in [0.1, 0.15) is 51.7 Å². The summed E-state index contributed by atoms with van der Waals surface area (Å²) < 4.78 is 35.1. The Balaban J connectivity index is 2.13. The summed E-state index contributed by atoms with van der Waals surface area (Å²) in [5, 5.41) is 3.71. The smallest absolute Gasteiger partial charge is 0.264 e. The van der Waals surface area contributed by atoms with Gasteiger partial charge < -0.3 is 15.0 Å². The van der Waals surface area contributed by atoms with Crippen LogP contribution in [0, 0.1) is 6.92 Å². The number of carbonyl (C=O) groups excluding carboxylic acids is 2. The highest BCUT2D eigenvalue weighted by atomic mass is 35.5. The molecule has 0 aliphatic rings. The number of benzene rings is 3. The van der Waals surface area contributed by atoms with E-state index in [9.17, 15) is 18.0 Å². The molecule has 3 aromatic rings. The molecule has 3 rings (SSSR count). The molecule has 43 heavy (non-hydrogen) atoms. The number of nitrogens with zero attached hydrogens (tertiary/aromatic N) is 2. The van der Waals surface area contributed by atoms with Crippen LogP contribution in [-0.2, 0) is 26.2 Å². The largest absolute Gasteiger partial charge is 0.492 e. The molecule has 0 bridgehead atoms. The van der Waals surface area contributed by atoms with Gasteiger partial charge in [0.2, 0.25) is 11.8 Å². The lowest BCUT2D eigenvalue weighted by Crippen LogP contribution is -2.53. The van der Waals surface area contributed by atoms with Crippen molar-refractivity contribution in [3.63, 3.8) is 0 Å². The van der Waals surface area contributed by atoms with E-state index in [0.29, 0.717) is 34.2 Å². The minimum Gasteiger partial charge on any atom is -0.492 e. The van der Waals surface area contributed by atoms with Crippen molar-refractivity contribution in [2.75, 3.05) is 17.5 Å². The number of hydrogen-bond donors (Lipinski definition) is 1. The molecule has 0 radical (unpaired) electrons. The Morgan fingerprint density at radius 2 is 1.63 bits per heavy atom. The number of nitrogens with one attached hydrogen (secondary N) is 1. The number of aryl methyl sites for hydroxylation is 1. The summed E-state index contributed by atoms with van der Waals surface area (Å²) in [6.45, 7) is 8.95. The van der Waals surface area contributed by atoms with Crippen molar-refractivity contribution in [1.82, 2.24) is 10.2 Å². The van der Waals surface area contributed by atoms with Crippen molar-refractivity contribution in [3.05, 3.63) is 87.9 Å². The second-order valence-electron chi connectivity index (χ2n) is 10.2. The topological polar surface area (TPSA) is 96.0 Å². The number of para-hydroxylation sites is 2. The predicted molar refractivity (Wildman–Crippen MR) is 172 cm³/mol. The zero-order valence-electron chi connectivity index (χ0n) is 25.1. The number of ether oxygens (including phenoxy) is 1. The molecule has 2 amide bonds. The van der Waals surface area contributed by atoms with E-state index in [2.05, 4.69) is 5.32 Å². The third kappa shape index (κ3) is 8.65. The van der Waals surface area contributed by atoms with Crippen LogP contribution >= 0.6 is 23.2 Å². The minimum atomic E-state index is -4.24. The standard InChI is InChI=1S/C32H39Cl2N3O5S/c1-6-23(5)35-32(39)28(7-2)36(20-24-15-16-25(33)19-27(24)34)31(38)21-37(29-11-9-10-12-30(29)42-8-3)43(40,41)26-17-13-22(4)14-18-26/h9-19,23,28H,6-8,20-21H2,1-5H3,(H,35,39). The van der Waals surface area contributed by atoms with Gasteiger partial charge in [-0.25, -0.2) is 8.42 Å². The fraction of sp³-hybridized carbons (Fsp3) is 0.375. The third-order valence-electron chi connectivity index (χ3n) is 7.06. The van der Waals surface area contributed by atoms with Crippen LogP contribution in [0.2, 0.25) is 10.0 Å². The van der Waals surface area contributed by atoms with Crippen molar-refractivity contribution >= 4 is 50.7 Å². The van der Waals surface area contributed by atoms with Crippen LogP contribution < -0.4 is 14.4 Å². The fourth-order valence-electron chi connectivity index (χ4n) is 4.49. The van der Waals surface area contributed by atoms with Gasteiger partial charge in [-0.1, -0.05) is 72.9 Å². The van der Waals surface area contributed by atoms with E-state index in [1.54, 1.807) is 68.4 Å². The summed E-state index contributed by atoms with van der Waals surface area (Å²) in [7, 11) is -4.24. The van der Waals surface area contributed by atoms with Crippen LogP contribution in [0.3, 0.4) is 0 Å². The fourth-order valence-corrected chi connectivity index (χ4v) is 6.38. The average Bonchev–Trinajstić information content (AvgIpc) is 2.97. The van der Waals surface area contributed by atoms with Crippen LogP contribution in [0.5, 0.6) is 5.75 Å². The van der Waals surface area contributed by atoms with Crippen molar-refractivity contribution in [1.29, 1.82) is 0 Å². The molecule has 2 unspecified atom stereocenters. The maximum atomic E-state index is 14.3. The molecule has 0 aliphatic carbocycles. The lowest BCUT2D eigenvalue weighted by Gasteiger charge is -2.34. The van der Waals surface area contributed by atoms with Gasteiger partial charge in [-0.2, -0.15) is 0 Å². The number of sulfonamides is 1. The number of halogens is 2. The number of carbonyl (C=O) groups is 2. The van der Waals surface area contributed by atoms with Crippen LogP contribution in [-0.4, -0.2) is 50.4 Å². The van der Waals surface area contributed by atoms with Crippen molar-refractivity contribution < 1.29 is 22.7 Å². The zero-order chi connectivity index (χ0) is 31.7. The van der Waals surface area contributed by atoms with Gasteiger partial charge in [0, 0.05) is 22.6 Å². The van der Waals surface area contributed by atoms with E-state index in [1.165, 1.54) is 17.0 Å². The van der Waals surface area contributed by atoms with Gasteiger partial charge in [0.25, 0.3) is 10.0 Å². The van der Waals surface area contributed by atoms with Gasteiger partial charge in [0.15, 0.2) is 0 Å². The van der Waals surface area contributed by atoms with E-state index in [1.807, 2.05) is 20.8 Å². The Labute approximate surface area is 265 Å². The first-order chi connectivity index (χ1) is 20.4. The van der Waals surface area contributed by atoms with Gasteiger partial charge in [-0.05, 0) is 75.6 Å². The molecule has 8 nitrogen and oxygen atoms in total. The van der Waals surface area contributed by atoms with E-state index in [-0.39, 0.29) is 35.7 Å². The van der Waals surface area contributed by atoms with Crippen LogP contribution in [0.25, 0.3) is 0 Å².